The van der Waals surface area contributed by atoms with Crippen LogP contribution in [0.2, 0.25) is 23.2 Å². The van der Waals surface area contributed by atoms with Crippen LogP contribution in [0.3, 0.4) is 0 Å². The van der Waals surface area contributed by atoms with E-state index in [1.54, 1.807) is 0 Å². The lowest BCUT2D eigenvalue weighted by Crippen LogP contribution is -2.44. The van der Waals surface area contributed by atoms with Crippen molar-refractivity contribution in [3.05, 3.63) is 34.9 Å². The Bertz CT molecular complexity index is 579. The van der Waals surface area contributed by atoms with Crippen LogP contribution >= 0.6 is 11.6 Å². The van der Waals surface area contributed by atoms with Crippen LogP contribution < -0.4 is 5.32 Å². The minimum Gasteiger partial charge on any atom is -0.443 e. The Morgan fingerprint density at radius 1 is 1.28 bits per heavy atom. The van der Waals surface area contributed by atoms with E-state index in [0.717, 1.165) is 18.4 Å². The highest BCUT2D eigenvalue weighted by atomic mass is 35.5. The summed E-state index contributed by atoms with van der Waals surface area (Å²) in [7, 11) is -1.90. The fraction of sp³-hybridized carbons (Fsp3) is 0.632. The Morgan fingerprint density at radius 2 is 1.88 bits per heavy atom. The molecule has 1 amide bonds. The molecule has 1 atom stereocenters. The number of carbonyl (C=O) groups is 1. The van der Waals surface area contributed by atoms with Crippen molar-refractivity contribution in [2.75, 3.05) is 6.61 Å². The van der Waals surface area contributed by atoms with Crippen molar-refractivity contribution in [1.29, 1.82) is 0 Å². The molecule has 1 saturated carbocycles. The second-order valence-electron chi connectivity index (χ2n) is 8.35. The highest BCUT2D eigenvalue weighted by Crippen LogP contribution is 2.36. The fourth-order valence-corrected chi connectivity index (χ4v) is 3.28. The molecule has 0 spiro atoms. The summed E-state index contributed by atoms with van der Waals surface area (Å²) in [5, 5.41) is 3.70. The maximum absolute atomic E-state index is 12.1. The number of halogens is 1. The normalized spacial score (nSPS) is 16.4. The maximum atomic E-state index is 12.1. The van der Waals surface area contributed by atoms with Crippen molar-refractivity contribution in [3.8, 4) is 0 Å². The molecule has 25 heavy (non-hydrogen) atoms. The summed E-state index contributed by atoms with van der Waals surface area (Å²) in [6.07, 6.45) is 2.04. The molecule has 2 rings (SSSR count). The van der Waals surface area contributed by atoms with E-state index in [-0.39, 0.29) is 23.3 Å². The lowest BCUT2D eigenvalue weighted by atomic mass is 10.1. The van der Waals surface area contributed by atoms with Gasteiger partial charge in [-0.05, 0) is 48.7 Å². The predicted octanol–water partition coefficient (Wildman–Crippen LogP) is 5.16. The van der Waals surface area contributed by atoms with Crippen LogP contribution in [0.15, 0.2) is 24.3 Å². The first-order chi connectivity index (χ1) is 11.6. The molecule has 0 aromatic heterocycles. The van der Waals surface area contributed by atoms with Gasteiger partial charge in [0, 0.05) is 17.5 Å². The summed E-state index contributed by atoms with van der Waals surface area (Å²) in [6.45, 7) is 11.4. The molecule has 1 aliphatic carbocycles. The van der Waals surface area contributed by atoms with E-state index >= 15 is 0 Å². The van der Waals surface area contributed by atoms with E-state index in [1.807, 2.05) is 24.3 Å². The number of alkyl carbamates (subject to hydrolysis) is 1. The first-order valence-electron chi connectivity index (χ1n) is 8.92. The quantitative estimate of drug-likeness (QED) is 0.661. The number of nitrogens with one attached hydrogen (secondary N) is 1. The maximum Gasteiger partial charge on any atom is 0.407 e. The molecule has 1 unspecified atom stereocenters. The van der Waals surface area contributed by atoms with Crippen molar-refractivity contribution in [2.24, 2.45) is 0 Å². The van der Waals surface area contributed by atoms with Crippen LogP contribution in [0.5, 0.6) is 0 Å². The molecule has 0 saturated heterocycles. The summed E-state index contributed by atoms with van der Waals surface area (Å²) in [6, 6.07) is 7.91. The van der Waals surface area contributed by atoms with Gasteiger partial charge in [0.15, 0.2) is 8.32 Å². The van der Waals surface area contributed by atoms with E-state index < -0.39 is 8.32 Å². The van der Waals surface area contributed by atoms with E-state index in [2.05, 4.69) is 39.2 Å². The molecule has 0 aliphatic heterocycles. The Labute approximate surface area is 157 Å². The molecule has 1 fully saturated rings. The fourth-order valence-electron chi connectivity index (χ4n) is 2.12. The van der Waals surface area contributed by atoms with Gasteiger partial charge in [0.25, 0.3) is 0 Å². The molecule has 1 N–H and O–H groups in total. The van der Waals surface area contributed by atoms with Gasteiger partial charge in [0.05, 0.1) is 6.61 Å². The standard InChI is InChI=1S/C19H30ClNO3Si/c1-19(2,3)25(4,5)23-13-17(24-18(22)21-16-10-11-16)12-14-6-8-15(20)9-7-14/h6-9,16-17H,10-13H2,1-5H3,(H,21,22). The summed E-state index contributed by atoms with van der Waals surface area (Å²) >= 11 is 5.95. The van der Waals surface area contributed by atoms with Crippen LogP contribution in [0.25, 0.3) is 0 Å². The first-order valence-corrected chi connectivity index (χ1v) is 12.2. The van der Waals surface area contributed by atoms with Gasteiger partial charge in [0.1, 0.15) is 6.10 Å². The topological polar surface area (TPSA) is 47.6 Å². The third-order valence-corrected chi connectivity index (χ3v) is 9.74. The van der Waals surface area contributed by atoms with Crippen LogP contribution in [0.4, 0.5) is 4.79 Å². The van der Waals surface area contributed by atoms with Gasteiger partial charge in [-0.2, -0.15) is 0 Å². The van der Waals surface area contributed by atoms with Gasteiger partial charge in [0.2, 0.25) is 0 Å². The monoisotopic (exact) mass is 383 g/mol. The molecular weight excluding hydrogens is 354 g/mol. The second-order valence-corrected chi connectivity index (χ2v) is 13.6. The van der Waals surface area contributed by atoms with Crippen LogP contribution in [-0.2, 0) is 15.6 Å². The minimum absolute atomic E-state index is 0.119. The number of amides is 1. The Kier molecular flexibility index (Phi) is 6.57. The number of carbonyl (C=O) groups excluding carboxylic acids is 1. The van der Waals surface area contributed by atoms with E-state index in [9.17, 15) is 4.79 Å². The van der Waals surface area contributed by atoms with E-state index in [4.69, 9.17) is 20.8 Å². The van der Waals surface area contributed by atoms with Crippen molar-refractivity contribution in [1.82, 2.24) is 5.32 Å². The molecule has 0 heterocycles. The summed E-state index contributed by atoms with van der Waals surface area (Å²) in [5.41, 5.74) is 1.08. The Balaban J connectivity index is 1.99. The zero-order valence-corrected chi connectivity index (χ0v) is 17.7. The molecule has 0 radical (unpaired) electrons. The third-order valence-electron chi connectivity index (χ3n) is 4.99. The van der Waals surface area contributed by atoms with Gasteiger partial charge in [-0.15, -0.1) is 0 Å². The molecule has 1 aromatic carbocycles. The van der Waals surface area contributed by atoms with Crippen LogP contribution in [0, 0.1) is 0 Å². The summed E-state index contributed by atoms with van der Waals surface area (Å²) in [5.74, 6) is 0. The molecule has 1 aliphatic rings. The molecule has 4 nitrogen and oxygen atoms in total. The lowest BCUT2D eigenvalue weighted by molar-refractivity contribution is 0.0608. The number of benzene rings is 1. The number of rotatable bonds is 7. The van der Waals surface area contributed by atoms with Crippen molar-refractivity contribution in [2.45, 2.75) is 70.3 Å². The van der Waals surface area contributed by atoms with E-state index in [1.165, 1.54) is 0 Å². The molecule has 0 bridgehead atoms. The SMILES string of the molecule is CC(C)(C)[Si](C)(C)OCC(Cc1ccc(Cl)cc1)OC(=O)NC1CC1. The smallest absolute Gasteiger partial charge is 0.407 e. The highest BCUT2D eigenvalue weighted by molar-refractivity contribution is 6.74. The van der Waals surface area contributed by atoms with E-state index in [0.29, 0.717) is 18.1 Å². The lowest BCUT2D eigenvalue weighted by Gasteiger charge is -2.37. The van der Waals surface area contributed by atoms with Gasteiger partial charge in [-0.1, -0.05) is 44.5 Å². The number of hydrogen-bond acceptors (Lipinski definition) is 3. The molecule has 140 valence electrons. The zero-order valence-electron chi connectivity index (χ0n) is 15.9. The molecule has 6 heteroatoms. The largest absolute Gasteiger partial charge is 0.443 e. The number of hydrogen-bond donors (Lipinski definition) is 1. The predicted molar refractivity (Wildman–Crippen MR) is 105 cm³/mol. The second kappa shape index (κ2) is 8.10. The third kappa shape index (κ3) is 6.64. The van der Waals surface area contributed by atoms with Gasteiger partial charge in [-0.3, -0.25) is 0 Å². The Hall–Kier alpha value is -1.04. The van der Waals surface area contributed by atoms with Gasteiger partial charge < -0.3 is 14.5 Å². The van der Waals surface area contributed by atoms with Crippen LogP contribution in [-0.4, -0.2) is 33.2 Å². The zero-order chi connectivity index (χ0) is 18.7. The first kappa shape index (κ1) is 20.3. The summed E-state index contributed by atoms with van der Waals surface area (Å²) < 4.78 is 11.9. The van der Waals surface area contributed by atoms with Crippen molar-refractivity contribution < 1.29 is 14.0 Å². The van der Waals surface area contributed by atoms with Crippen molar-refractivity contribution in [3.63, 3.8) is 0 Å². The summed E-state index contributed by atoms with van der Waals surface area (Å²) in [4.78, 5) is 12.1. The highest BCUT2D eigenvalue weighted by Gasteiger charge is 2.38. The van der Waals surface area contributed by atoms with Crippen LogP contribution in [0.1, 0.15) is 39.2 Å². The number of ether oxygens (including phenoxy) is 1. The average molecular weight is 384 g/mol. The molecule has 1 aromatic rings. The average Bonchev–Trinajstić information content (AvgIpc) is 3.30. The van der Waals surface area contributed by atoms with Gasteiger partial charge >= 0.3 is 6.09 Å². The van der Waals surface area contributed by atoms with Crippen molar-refractivity contribution >= 4 is 26.0 Å². The molecular formula is C19H30ClNO3Si. The minimum atomic E-state index is -1.90. The Morgan fingerprint density at radius 3 is 2.40 bits per heavy atom. The van der Waals surface area contributed by atoms with Gasteiger partial charge in [-0.25, -0.2) is 4.79 Å².